The lowest BCUT2D eigenvalue weighted by molar-refractivity contribution is 0.0955. The van der Waals surface area contributed by atoms with Crippen molar-refractivity contribution in [2.75, 3.05) is 0 Å². The molecule has 1 N–H and O–H groups in total. The summed E-state index contributed by atoms with van der Waals surface area (Å²) in [6, 6.07) is 21.6. The highest BCUT2D eigenvalue weighted by Gasteiger charge is 2.04. The van der Waals surface area contributed by atoms with Crippen LogP contribution in [0.1, 0.15) is 21.5 Å². The molecule has 3 rings (SSSR count). The van der Waals surface area contributed by atoms with Crippen molar-refractivity contribution in [1.29, 1.82) is 0 Å². The highest BCUT2D eigenvalue weighted by atomic mass is 35.5. The van der Waals surface area contributed by atoms with Crippen LogP contribution < -0.4 is 10.2 Å². The average molecular weight is 399 g/mol. The fraction of sp³-hybridized carbons (Fsp3) is 0.0476. The monoisotopic (exact) mass is 398 g/mol. The van der Waals surface area contributed by atoms with Gasteiger partial charge in [-0.2, -0.15) is 5.10 Å². The van der Waals surface area contributed by atoms with E-state index in [1.54, 1.807) is 30.5 Å². The van der Waals surface area contributed by atoms with Crippen LogP contribution in [0.25, 0.3) is 0 Å². The van der Waals surface area contributed by atoms with Crippen LogP contribution in [0.15, 0.2) is 77.9 Å². The number of halogens is 2. The van der Waals surface area contributed by atoms with Gasteiger partial charge in [-0.15, -0.1) is 0 Å². The molecule has 0 aliphatic carbocycles. The summed E-state index contributed by atoms with van der Waals surface area (Å²) in [7, 11) is 0. The SMILES string of the molecule is O=C(N/N=C\c1ccc(OCc2ccc(Cl)cc2)cc1)c1cccc(Cl)c1. The Kier molecular flexibility index (Phi) is 6.47. The van der Waals surface area contributed by atoms with Gasteiger partial charge >= 0.3 is 0 Å². The fourth-order valence-electron chi connectivity index (χ4n) is 2.26. The van der Waals surface area contributed by atoms with Gasteiger partial charge in [-0.3, -0.25) is 4.79 Å². The van der Waals surface area contributed by atoms with Gasteiger partial charge in [0.05, 0.1) is 6.21 Å². The molecule has 3 aromatic carbocycles. The molecule has 0 unspecified atom stereocenters. The number of hydrazone groups is 1. The van der Waals surface area contributed by atoms with Crippen molar-refractivity contribution in [3.8, 4) is 5.75 Å². The van der Waals surface area contributed by atoms with Gasteiger partial charge in [-0.25, -0.2) is 5.43 Å². The Hall–Kier alpha value is -2.82. The molecule has 0 radical (unpaired) electrons. The normalized spacial score (nSPS) is 10.7. The maximum absolute atomic E-state index is 12.0. The highest BCUT2D eigenvalue weighted by Crippen LogP contribution is 2.15. The Balaban J connectivity index is 1.51. The van der Waals surface area contributed by atoms with Gasteiger partial charge < -0.3 is 4.74 Å². The number of ether oxygens (including phenoxy) is 1. The third-order valence-corrected chi connectivity index (χ3v) is 4.15. The summed E-state index contributed by atoms with van der Waals surface area (Å²) in [5.74, 6) is 0.418. The van der Waals surface area contributed by atoms with Crippen molar-refractivity contribution < 1.29 is 9.53 Å². The zero-order chi connectivity index (χ0) is 19.1. The van der Waals surface area contributed by atoms with Crippen LogP contribution in [0.2, 0.25) is 10.0 Å². The first-order valence-electron chi connectivity index (χ1n) is 8.16. The molecule has 6 heteroatoms. The van der Waals surface area contributed by atoms with Gasteiger partial charge in [0.15, 0.2) is 0 Å². The predicted octanol–water partition coefficient (Wildman–Crippen LogP) is 5.34. The lowest BCUT2D eigenvalue weighted by Gasteiger charge is -2.06. The van der Waals surface area contributed by atoms with E-state index in [9.17, 15) is 4.79 Å². The Morgan fingerprint density at radius 2 is 1.70 bits per heavy atom. The zero-order valence-corrected chi connectivity index (χ0v) is 15.7. The molecule has 3 aromatic rings. The molecule has 1 amide bonds. The molecule has 0 saturated carbocycles. The zero-order valence-electron chi connectivity index (χ0n) is 14.2. The summed E-state index contributed by atoms with van der Waals surface area (Å²) in [5.41, 5.74) is 4.79. The molecule has 0 aliphatic heterocycles. The summed E-state index contributed by atoms with van der Waals surface area (Å²) in [4.78, 5) is 12.0. The molecule has 0 aliphatic rings. The van der Waals surface area contributed by atoms with Crippen LogP contribution >= 0.6 is 23.2 Å². The summed E-state index contributed by atoms with van der Waals surface area (Å²) in [5, 5.41) is 5.16. The van der Waals surface area contributed by atoms with E-state index in [1.165, 1.54) is 0 Å². The third kappa shape index (κ3) is 5.84. The van der Waals surface area contributed by atoms with E-state index < -0.39 is 0 Å². The first kappa shape index (κ1) is 19.0. The number of hydrogen-bond donors (Lipinski definition) is 1. The molecule has 0 fully saturated rings. The lowest BCUT2D eigenvalue weighted by Crippen LogP contribution is -2.17. The minimum absolute atomic E-state index is 0.323. The largest absolute Gasteiger partial charge is 0.489 e. The minimum Gasteiger partial charge on any atom is -0.489 e. The predicted molar refractivity (Wildman–Crippen MR) is 109 cm³/mol. The van der Waals surface area contributed by atoms with E-state index >= 15 is 0 Å². The van der Waals surface area contributed by atoms with Gasteiger partial charge in [0, 0.05) is 15.6 Å². The number of amides is 1. The molecule has 0 heterocycles. The quantitative estimate of drug-likeness (QED) is 0.450. The molecule has 27 heavy (non-hydrogen) atoms. The molecule has 0 saturated heterocycles. The first-order valence-corrected chi connectivity index (χ1v) is 8.92. The van der Waals surface area contributed by atoms with Crippen LogP contribution in [-0.4, -0.2) is 12.1 Å². The smallest absolute Gasteiger partial charge is 0.271 e. The second kappa shape index (κ2) is 9.21. The fourth-order valence-corrected chi connectivity index (χ4v) is 2.57. The maximum Gasteiger partial charge on any atom is 0.271 e. The van der Waals surface area contributed by atoms with E-state index in [1.807, 2.05) is 48.5 Å². The topological polar surface area (TPSA) is 50.7 Å². The van der Waals surface area contributed by atoms with Crippen molar-refractivity contribution in [3.63, 3.8) is 0 Å². The standard InChI is InChI=1S/C21H16Cl2N2O2/c22-18-8-4-16(5-9-18)14-27-20-10-6-15(7-11-20)13-24-25-21(26)17-2-1-3-19(23)12-17/h1-13H,14H2,(H,25,26)/b24-13-. The number of nitrogens with one attached hydrogen (secondary N) is 1. The van der Waals surface area contributed by atoms with Gasteiger partial charge in [0.1, 0.15) is 12.4 Å². The number of carbonyl (C=O) groups is 1. The van der Waals surface area contributed by atoms with Gasteiger partial charge in [0.25, 0.3) is 5.91 Å². The van der Waals surface area contributed by atoms with E-state index in [-0.39, 0.29) is 5.91 Å². The molecule has 4 nitrogen and oxygen atoms in total. The Morgan fingerprint density at radius 3 is 2.41 bits per heavy atom. The summed E-state index contributed by atoms with van der Waals surface area (Å²) < 4.78 is 5.73. The van der Waals surface area contributed by atoms with Crippen LogP contribution in [-0.2, 0) is 6.61 Å². The molecular weight excluding hydrogens is 383 g/mol. The molecule has 0 atom stereocenters. The molecule has 0 aromatic heterocycles. The van der Waals surface area contributed by atoms with Crippen LogP contribution in [0.4, 0.5) is 0 Å². The molecular formula is C21H16Cl2N2O2. The van der Waals surface area contributed by atoms with Crippen molar-refractivity contribution in [1.82, 2.24) is 5.43 Å². The lowest BCUT2D eigenvalue weighted by atomic mass is 10.2. The van der Waals surface area contributed by atoms with Gasteiger partial charge in [-0.1, -0.05) is 41.4 Å². The molecule has 136 valence electrons. The minimum atomic E-state index is -0.323. The van der Waals surface area contributed by atoms with Gasteiger partial charge in [-0.05, 0) is 65.7 Å². The highest BCUT2D eigenvalue weighted by molar-refractivity contribution is 6.31. The van der Waals surface area contributed by atoms with E-state index in [2.05, 4.69) is 10.5 Å². The summed E-state index contributed by atoms with van der Waals surface area (Å²) >= 11 is 11.7. The van der Waals surface area contributed by atoms with Crippen molar-refractivity contribution in [2.45, 2.75) is 6.61 Å². The second-order valence-corrected chi connectivity index (χ2v) is 6.57. The number of nitrogens with zero attached hydrogens (tertiary/aromatic N) is 1. The summed E-state index contributed by atoms with van der Waals surface area (Å²) in [6.45, 7) is 0.459. The van der Waals surface area contributed by atoms with Crippen molar-refractivity contribution >= 4 is 35.3 Å². The maximum atomic E-state index is 12.0. The van der Waals surface area contributed by atoms with Gasteiger partial charge in [0.2, 0.25) is 0 Å². The number of hydrogen-bond acceptors (Lipinski definition) is 3. The average Bonchev–Trinajstić information content (AvgIpc) is 2.68. The van der Waals surface area contributed by atoms with E-state index in [0.717, 1.165) is 16.9 Å². The molecule has 0 bridgehead atoms. The Morgan fingerprint density at radius 1 is 0.963 bits per heavy atom. The van der Waals surface area contributed by atoms with E-state index in [0.29, 0.717) is 22.2 Å². The number of benzene rings is 3. The van der Waals surface area contributed by atoms with Crippen LogP contribution in [0.5, 0.6) is 5.75 Å². The van der Waals surface area contributed by atoms with Crippen molar-refractivity contribution in [3.05, 3.63) is 99.5 Å². The molecule has 0 spiro atoms. The third-order valence-electron chi connectivity index (χ3n) is 3.67. The Labute approximate surface area is 167 Å². The van der Waals surface area contributed by atoms with Crippen LogP contribution in [0, 0.1) is 0 Å². The number of rotatable bonds is 6. The van der Waals surface area contributed by atoms with E-state index in [4.69, 9.17) is 27.9 Å². The second-order valence-electron chi connectivity index (χ2n) is 5.69. The van der Waals surface area contributed by atoms with Crippen molar-refractivity contribution in [2.24, 2.45) is 5.10 Å². The van der Waals surface area contributed by atoms with Crippen LogP contribution in [0.3, 0.4) is 0 Å². The number of carbonyl (C=O) groups excluding carboxylic acids is 1. The summed E-state index contributed by atoms with van der Waals surface area (Å²) in [6.07, 6.45) is 1.56. The Bertz CT molecular complexity index is 939. The first-order chi connectivity index (χ1) is 13.1.